The topological polar surface area (TPSA) is 0 Å². The van der Waals surface area contributed by atoms with Gasteiger partial charge in [0.25, 0.3) is 0 Å². The number of hydrogen-bond donors (Lipinski definition) is 0. The Hall–Kier alpha value is -0.260. The maximum Gasteiger partial charge on any atom is -0.0351 e. The van der Waals surface area contributed by atoms with Crippen LogP contribution in [0.1, 0.15) is 122 Å². The fourth-order valence-electron chi connectivity index (χ4n) is 2.94. The molecule has 0 saturated heterocycles. The second-order valence-electron chi connectivity index (χ2n) is 6.85. The van der Waals surface area contributed by atoms with Crippen LogP contribution >= 0.6 is 0 Å². The Bertz CT molecular complexity index is 204. The summed E-state index contributed by atoms with van der Waals surface area (Å²) in [6.45, 7) is 6.16. The van der Waals surface area contributed by atoms with Gasteiger partial charge < -0.3 is 0 Å². The van der Waals surface area contributed by atoms with Crippen LogP contribution < -0.4 is 0 Å². The monoisotopic (exact) mass is 307 g/mol. The highest BCUT2D eigenvalue weighted by molar-refractivity contribution is 4.81. The van der Waals surface area contributed by atoms with Gasteiger partial charge in [0.2, 0.25) is 0 Å². The third-order valence-corrected chi connectivity index (χ3v) is 4.51. The first kappa shape index (κ1) is 21.7. The second kappa shape index (κ2) is 20.7. The Labute approximate surface area is 142 Å². The Morgan fingerprint density at radius 2 is 0.864 bits per heavy atom. The average molecular weight is 308 g/mol. The molecule has 131 valence electrons. The van der Waals surface area contributed by atoms with Crippen molar-refractivity contribution in [2.75, 3.05) is 0 Å². The fraction of sp³-hybridized carbons (Fsp3) is 0.864. The third-order valence-electron chi connectivity index (χ3n) is 4.51. The van der Waals surface area contributed by atoms with Crippen LogP contribution in [-0.4, -0.2) is 0 Å². The third kappa shape index (κ3) is 19.7. The molecule has 22 heavy (non-hydrogen) atoms. The van der Waals surface area contributed by atoms with Gasteiger partial charge in [0, 0.05) is 0 Å². The van der Waals surface area contributed by atoms with E-state index in [1.165, 1.54) is 109 Å². The van der Waals surface area contributed by atoms with Gasteiger partial charge in [0.05, 0.1) is 0 Å². The standard InChI is InChI=1S/C22H43/c1-3-5-7-9-11-13-15-17-19-21-22-20-18-16-14-12-10-8-6-4-2/h10,12H,1,3-9,11,13-22H2,2H3. The lowest BCUT2D eigenvalue weighted by Gasteiger charge is -2.02. The molecule has 0 aliphatic heterocycles. The van der Waals surface area contributed by atoms with Crippen molar-refractivity contribution in [1.29, 1.82) is 0 Å². The van der Waals surface area contributed by atoms with E-state index in [-0.39, 0.29) is 0 Å². The second-order valence-corrected chi connectivity index (χ2v) is 6.85. The summed E-state index contributed by atoms with van der Waals surface area (Å²) in [5.74, 6) is 0. The van der Waals surface area contributed by atoms with Gasteiger partial charge in [-0.2, -0.15) is 0 Å². The van der Waals surface area contributed by atoms with Gasteiger partial charge in [-0.25, -0.2) is 0 Å². The van der Waals surface area contributed by atoms with E-state index in [1.54, 1.807) is 0 Å². The van der Waals surface area contributed by atoms with Gasteiger partial charge in [-0.15, -0.1) is 0 Å². The summed E-state index contributed by atoms with van der Waals surface area (Å²) in [5.41, 5.74) is 0. The number of unbranched alkanes of at least 4 members (excludes halogenated alkanes) is 16. The summed E-state index contributed by atoms with van der Waals surface area (Å²) in [7, 11) is 0. The zero-order chi connectivity index (χ0) is 16.1. The van der Waals surface area contributed by atoms with E-state index in [1.807, 2.05) is 0 Å². The van der Waals surface area contributed by atoms with Crippen molar-refractivity contribution < 1.29 is 0 Å². The van der Waals surface area contributed by atoms with E-state index < -0.39 is 0 Å². The summed E-state index contributed by atoms with van der Waals surface area (Å²) >= 11 is 0. The Balaban J connectivity index is 2.98. The zero-order valence-corrected chi connectivity index (χ0v) is 15.6. The molecule has 0 rings (SSSR count). The molecular formula is C22H43. The maximum atomic E-state index is 3.90. The van der Waals surface area contributed by atoms with Gasteiger partial charge in [-0.1, -0.05) is 122 Å². The number of hydrogen-bond acceptors (Lipinski definition) is 0. The molecule has 0 amide bonds. The minimum atomic E-state index is 1.12. The van der Waals surface area contributed by atoms with Crippen molar-refractivity contribution >= 4 is 0 Å². The summed E-state index contributed by atoms with van der Waals surface area (Å²) < 4.78 is 0. The molecule has 0 N–H and O–H groups in total. The lowest BCUT2D eigenvalue weighted by molar-refractivity contribution is 0.537. The van der Waals surface area contributed by atoms with Crippen LogP contribution in [0, 0.1) is 6.92 Å². The van der Waals surface area contributed by atoms with Crippen molar-refractivity contribution in [3.63, 3.8) is 0 Å². The first-order chi connectivity index (χ1) is 10.9. The van der Waals surface area contributed by atoms with Crippen LogP contribution in [0.2, 0.25) is 0 Å². The maximum absolute atomic E-state index is 3.90. The predicted molar refractivity (Wildman–Crippen MR) is 103 cm³/mol. The lowest BCUT2D eigenvalue weighted by Crippen LogP contribution is -1.83. The molecule has 0 aromatic rings. The van der Waals surface area contributed by atoms with Crippen molar-refractivity contribution in [1.82, 2.24) is 0 Å². The molecule has 0 spiro atoms. The van der Waals surface area contributed by atoms with Crippen molar-refractivity contribution in [2.24, 2.45) is 0 Å². The molecule has 0 fully saturated rings. The number of allylic oxidation sites excluding steroid dienone is 2. The molecule has 0 nitrogen and oxygen atoms in total. The van der Waals surface area contributed by atoms with Crippen LogP contribution in [0.15, 0.2) is 12.2 Å². The zero-order valence-electron chi connectivity index (χ0n) is 15.6. The Morgan fingerprint density at radius 3 is 1.27 bits per heavy atom. The highest BCUT2D eigenvalue weighted by Gasteiger charge is 1.93. The van der Waals surface area contributed by atoms with Gasteiger partial charge in [0.15, 0.2) is 0 Å². The van der Waals surface area contributed by atoms with Crippen LogP contribution in [0.5, 0.6) is 0 Å². The SMILES string of the molecule is [CH2]CCCCCCCCCCCCCCCC=CCCCC. The van der Waals surface area contributed by atoms with Crippen molar-refractivity contribution in [3.8, 4) is 0 Å². The highest BCUT2D eigenvalue weighted by Crippen LogP contribution is 2.13. The number of rotatable bonds is 18. The highest BCUT2D eigenvalue weighted by atomic mass is 14.0. The first-order valence-corrected chi connectivity index (χ1v) is 10.4. The van der Waals surface area contributed by atoms with Crippen LogP contribution in [-0.2, 0) is 0 Å². The van der Waals surface area contributed by atoms with Crippen LogP contribution in [0.4, 0.5) is 0 Å². The van der Waals surface area contributed by atoms with E-state index in [9.17, 15) is 0 Å². The van der Waals surface area contributed by atoms with E-state index in [0.717, 1.165) is 6.42 Å². The van der Waals surface area contributed by atoms with Crippen LogP contribution in [0.3, 0.4) is 0 Å². The summed E-state index contributed by atoms with van der Waals surface area (Å²) in [6.07, 6.45) is 29.8. The first-order valence-electron chi connectivity index (χ1n) is 10.4. The molecule has 0 heteroatoms. The molecule has 0 unspecified atom stereocenters. The molecule has 0 bridgehead atoms. The largest absolute Gasteiger partial charge is 0.0885 e. The van der Waals surface area contributed by atoms with E-state index in [4.69, 9.17) is 0 Å². The van der Waals surface area contributed by atoms with E-state index >= 15 is 0 Å². The van der Waals surface area contributed by atoms with Crippen molar-refractivity contribution in [2.45, 2.75) is 122 Å². The average Bonchev–Trinajstić information content (AvgIpc) is 2.54. The van der Waals surface area contributed by atoms with E-state index in [2.05, 4.69) is 26.0 Å². The smallest absolute Gasteiger partial charge is 0.0351 e. The van der Waals surface area contributed by atoms with Gasteiger partial charge >= 0.3 is 0 Å². The molecule has 0 heterocycles. The van der Waals surface area contributed by atoms with Crippen molar-refractivity contribution in [3.05, 3.63) is 19.1 Å². The molecule has 0 aliphatic carbocycles. The quantitative estimate of drug-likeness (QED) is 0.176. The molecule has 0 aromatic carbocycles. The molecule has 1 radical (unpaired) electrons. The molecular weight excluding hydrogens is 264 g/mol. The normalized spacial score (nSPS) is 11.5. The van der Waals surface area contributed by atoms with E-state index in [0.29, 0.717) is 0 Å². The lowest BCUT2D eigenvalue weighted by atomic mass is 10.0. The summed E-state index contributed by atoms with van der Waals surface area (Å²) in [5, 5.41) is 0. The molecule has 0 saturated carbocycles. The molecule has 0 aliphatic rings. The van der Waals surface area contributed by atoms with Gasteiger partial charge in [0.1, 0.15) is 0 Å². The summed E-state index contributed by atoms with van der Waals surface area (Å²) in [6, 6.07) is 0. The minimum Gasteiger partial charge on any atom is -0.0885 e. The Morgan fingerprint density at radius 1 is 0.500 bits per heavy atom. The van der Waals surface area contributed by atoms with Gasteiger partial charge in [-0.05, 0) is 19.3 Å². The molecule has 0 atom stereocenters. The minimum absolute atomic E-state index is 1.12. The predicted octanol–water partition coefficient (Wildman–Crippen LogP) is 8.42. The fourth-order valence-corrected chi connectivity index (χ4v) is 2.94. The molecule has 0 aromatic heterocycles. The Kier molecular flexibility index (Phi) is 20.5. The van der Waals surface area contributed by atoms with Crippen LogP contribution in [0.25, 0.3) is 0 Å². The van der Waals surface area contributed by atoms with Gasteiger partial charge in [-0.3, -0.25) is 0 Å². The summed E-state index contributed by atoms with van der Waals surface area (Å²) in [4.78, 5) is 0.